The third-order valence-electron chi connectivity index (χ3n) is 3.30. The number of hydrogen-bond acceptors (Lipinski definition) is 3. The Morgan fingerprint density at radius 2 is 2.10 bits per heavy atom. The molecule has 0 aliphatic rings. The van der Waals surface area contributed by atoms with Crippen molar-refractivity contribution in [3.63, 3.8) is 0 Å². The minimum Gasteiger partial charge on any atom is -0.345 e. The lowest BCUT2D eigenvalue weighted by Gasteiger charge is -2.14. The first-order chi connectivity index (χ1) is 10.2. The molecule has 0 aliphatic heterocycles. The number of carbonyl (C=O) groups is 1. The molecule has 0 saturated heterocycles. The first-order valence-corrected chi connectivity index (χ1v) is 7.29. The molecular weight excluding hydrogens is 332 g/mol. The highest BCUT2D eigenvalue weighted by Crippen LogP contribution is 2.25. The van der Waals surface area contributed by atoms with Gasteiger partial charge in [0.25, 0.3) is 5.91 Å². The lowest BCUT2D eigenvalue weighted by atomic mass is 10.1. The van der Waals surface area contributed by atoms with Crippen molar-refractivity contribution in [1.82, 2.24) is 20.3 Å². The third kappa shape index (κ3) is 2.67. The quantitative estimate of drug-likeness (QED) is 0.766. The lowest BCUT2D eigenvalue weighted by molar-refractivity contribution is 0.0941. The summed E-state index contributed by atoms with van der Waals surface area (Å²) in [5.74, 6) is -0.167. The number of nitrogens with one attached hydrogen (secondary N) is 2. The molecule has 5 nitrogen and oxygen atoms in total. The van der Waals surface area contributed by atoms with Crippen molar-refractivity contribution in [3.8, 4) is 0 Å². The predicted molar refractivity (Wildman–Crippen MR) is 83.9 cm³/mol. The zero-order valence-corrected chi connectivity index (χ0v) is 12.9. The molecule has 3 rings (SSSR count). The van der Waals surface area contributed by atoms with Crippen molar-refractivity contribution in [1.29, 1.82) is 0 Å². The van der Waals surface area contributed by atoms with Crippen LogP contribution in [0.5, 0.6) is 0 Å². The Labute approximate surface area is 129 Å². The number of hydrogen-bond donors (Lipinski definition) is 2. The van der Waals surface area contributed by atoms with E-state index >= 15 is 0 Å². The van der Waals surface area contributed by atoms with Crippen LogP contribution in [0.4, 0.5) is 0 Å². The van der Waals surface area contributed by atoms with Crippen LogP contribution in [-0.2, 0) is 0 Å². The second kappa shape index (κ2) is 5.65. The number of amides is 1. The highest BCUT2D eigenvalue weighted by atomic mass is 79.9. The molecule has 2 N–H and O–H groups in total. The van der Waals surface area contributed by atoms with Gasteiger partial charge in [0.1, 0.15) is 12.0 Å². The van der Waals surface area contributed by atoms with E-state index in [1.54, 1.807) is 6.20 Å². The second-order valence-electron chi connectivity index (χ2n) is 4.70. The molecule has 1 amide bonds. The van der Waals surface area contributed by atoms with Crippen LogP contribution < -0.4 is 5.32 Å². The molecule has 1 atom stereocenters. The number of benzene rings is 1. The molecule has 1 aromatic carbocycles. The van der Waals surface area contributed by atoms with Gasteiger partial charge < -0.3 is 10.3 Å². The highest BCUT2D eigenvalue weighted by molar-refractivity contribution is 9.10. The number of fused-ring (bicyclic) bond motifs is 1. The number of halogens is 1. The van der Waals surface area contributed by atoms with Gasteiger partial charge in [-0.15, -0.1) is 0 Å². The molecule has 2 heterocycles. The molecule has 0 radical (unpaired) electrons. The minimum absolute atomic E-state index is 0.0832. The summed E-state index contributed by atoms with van der Waals surface area (Å²) in [4.78, 5) is 23.6. The van der Waals surface area contributed by atoms with E-state index in [2.05, 4.69) is 36.2 Å². The van der Waals surface area contributed by atoms with Gasteiger partial charge in [-0.05, 0) is 28.4 Å². The average Bonchev–Trinajstić information content (AvgIpc) is 2.83. The molecule has 0 fully saturated rings. The standard InChI is InChI=1S/C15H13BrN4O/c1-9(10-5-3-2-4-6-10)19-15(21)12-11-7-17-8-18-14(11)20-13(12)16/h2-9H,1H3,(H,19,21)(H,17,18,20)/t9-/m1/s1. The molecule has 0 bridgehead atoms. The third-order valence-corrected chi connectivity index (χ3v) is 3.90. The number of aromatic nitrogens is 3. The number of carbonyl (C=O) groups excluding carboxylic acids is 1. The minimum atomic E-state index is -0.167. The maximum atomic E-state index is 12.5. The normalized spacial score (nSPS) is 12.3. The Kier molecular flexibility index (Phi) is 3.70. The summed E-state index contributed by atoms with van der Waals surface area (Å²) in [6.45, 7) is 1.95. The zero-order valence-electron chi connectivity index (χ0n) is 11.3. The molecule has 2 aromatic heterocycles. The van der Waals surface area contributed by atoms with Gasteiger partial charge in [0.2, 0.25) is 0 Å². The molecule has 21 heavy (non-hydrogen) atoms. The lowest BCUT2D eigenvalue weighted by Crippen LogP contribution is -2.26. The van der Waals surface area contributed by atoms with E-state index in [1.807, 2.05) is 37.3 Å². The maximum absolute atomic E-state index is 12.5. The molecule has 0 saturated carbocycles. The Bertz CT molecular complexity index is 785. The first kappa shape index (κ1) is 13.8. The summed E-state index contributed by atoms with van der Waals surface area (Å²) in [6, 6.07) is 9.74. The van der Waals surface area contributed by atoms with Gasteiger partial charge in [-0.1, -0.05) is 30.3 Å². The van der Waals surface area contributed by atoms with Crippen LogP contribution >= 0.6 is 15.9 Å². The van der Waals surface area contributed by atoms with Crippen LogP contribution in [0.1, 0.15) is 28.9 Å². The Hall–Kier alpha value is -2.21. The van der Waals surface area contributed by atoms with E-state index in [1.165, 1.54) is 6.33 Å². The van der Waals surface area contributed by atoms with Gasteiger partial charge in [-0.25, -0.2) is 9.97 Å². The summed E-state index contributed by atoms with van der Waals surface area (Å²) >= 11 is 3.37. The van der Waals surface area contributed by atoms with Gasteiger partial charge in [0.05, 0.1) is 21.6 Å². The monoisotopic (exact) mass is 344 g/mol. The highest BCUT2D eigenvalue weighted by Gasteiger charge is 2.19. The van der Waals surface area contributed by atoms with Gasteiger partial charge in [-0.2, -0.15) is 0 Å². The Balaban J connectivity index is 1.89. The average molecular weight is 345 g/mol. The molecule has 0 aliphatic carbocycles. The van der Waals surface area contributed by atoms with Crippen LogP contribution in [0.25, 0.3) is 11.0 Å². The summed E-state index contributed by atoms with van der Waals surface area (Å²) in [5, 5.41) is 3.68. The van der Waals surface area contributed by atoms with Crippen LogP contribution in [-0.4, -0.2) is 20.9 Å². The Morgan fingerprint density at radius 1 is 1.33 bits per heavy atom. The van der Waals surface area contributed by atoms with Crippen molar-refractivity contribution in [3.05, 3.63) is 58.6 Å². The number of nitrogens with zero attached hydrogens (tertiary/aromatic N) is 2. The molecule has 6 heteroatoms. The molecule has 106 valence electrons. The fourth-order valence-corrected chi connectivity index (χ4v) is 2.79. The smallest absolute Gasteiger partial charge is 0.255 e. The molecular formula is C15H13BrN4O. The Morgan fingerprint density at radius 3 is 2.86 bits per heavy atom. The number of aromatic amines is 1. The summed E-state index contributed by atoms with van der Waals surface area (Å²) in [6.07, 6.45) is 3.07. The number of H-pyrrole nitrogens is 1. The van der Waals surface area contributed by atoms with E-state index in [0.717, 1.165) is 5.56 Å². The van der Waals surface area contributed by atoms with E-state index in [4.69, 9.17) is 0 Å². The van der Waals surface area contributed by atoms with Crippen molar-refractivity contribution in [2.45, 2.75) is 13.0 Å². The largest absolute Gasteiger partial charge is 0.345 e. The van der Waals surface area contributed by atoms with Gasteiger partial charge in [0, 0.05) is 6.20 Å². The fourth-order valence-electron chi connectivity index (χ4n) is 2.21. The van der Waals surface area contributed by atoms with Crippen molar-refractivity contribution in [2.75, 3.05) is 0 Å². The van der Waals surface area contributed by atoms with Crippen LogP contribution in [0.2, 0.25) is 0 Å². The van der Waals surface area contributed by atoms with Crippen molar-refractivity contribution < 1.29 is 4.79 Å². The van der Waals surface area contributed by atoms with Crippen molar-refractivity contribution in [2.24, 2.45) is 0 Å². The van der Waals surface area contributed by atoms with E-state index < -0.39 is 0 Å². The summed E-state index contributed by atoms with van der Waals surface area (Å²) < 4.78 is 0.607. The predicted octanol–water partition coefficient (Wildman–Crippen LogP) is 3.21. The van der Waals surface area contributed by atoms with Crippen LogP contribution in [0, 0.1) is 0 Å². The number of rotatable bonds is 3. The van der Waals surface area contributed by atoms with Crippen LogP contribution in [0.15, 0.2) is 47.5 Å². The second-order valence-corrected chi connectivity index (χ2v) is 5.50. The summed E-state index contributed by atoms with van der Waals surface area (Å²) in [5.41, 5.74) is 2.21. The zero-order chi connectivity index (χ0) is 14.8. The fraction of sp³-hybridized carbons (Fsp3) is 0.133. The summed E-state index contributed by atoms with van der Waals surface area (Å²) in [7, 11) is 0. The first-order valence-electron chi connectivity index (χ1n) is 6.50. The van der Waals surface area contributed by atoms with Crippen molar-refractivity contribution >= 4 is 32.9 Å². The van der Waals surface area contributed by atoms with Gasteiger partial charge in [0.15, 0.2) is 0 Å². The van der Waals surface area contributed by atoms with Gasteiger partial charge in [-0.3, -0.25) is 4.79 Å². The topological polar surface area (TPSA) is 70.7 Å². The SMILES string of the molecule is C[C@@H](NC(=O)c1c(Br)[nH]c2ncncc12)c1ccccc1. The molecule has 0 unspecified atom stereocenters. The van der Waals surface area contributed by atoms with Gasteiger partial charge >= 0.3 is 0 Å². The molecule has 0 spiro atoms. The maximum Gasteiger partial charge on any atom is 0.255 e. The van der Waals surface area contributed by atoms with E-state index in [0.29, 0.717) is 21.2 Å². The van der Waals surface area contributed by atoms with E-state index in [9.17, 15) is 4.79 Å². The molecule has 3 aromatic rings. The van der Waals surface area contributed by atoms with E-state index in [-0.39, 0.29) is 11.9 Å². The van der Waals surface area contributed by atoms with Crippen LogP contribution in [0.3, 0.4) is 0 Å².